The largest absolute Gasteiger partial charge is 0.438 e. The molecule has 6 aromatic rings. The maximum atomic E-state index is 6.51. The van der Waals surface area contributed by atoms with Crippen LogP contribution in [0.25, 0.3) is 27.8 Å². The molecule has 1 atom stereocenters. The zero-order valence-electron chi connectivity index (χ0n) is 20.0. The molecule has 1 aliphatic heterocycles. The number of hydrogen-bond donors (Lipinski definition) is 0. The average Bonchev–Trinajstić information content (AvgIpc) is 3.37. The second-order valence-corrected chi connectivity index (χ2v) is 9.26. The van der Waals surface area contributed by atoms with Crippen LogP contribution in [0.1, 0.15) is 22.6 Å². The Morgan fingerprint density at radius 2 is 1.61 bits per heavy atom. The minimum Gasteiger partial charge on any atom is -0.438 e. The van der Waals surface area contributed by atoms with Crippen molar-refractivity contribution in [3.05, 3.63) is 114 Å². The first-order chi connectivity index (χ1) is 17.7. The fourth-order valence-electron chi connectivity index (χ4n) is 5.07. The summed E-state index contributed by atoms with van der Waals surface area (Å²) in [7, 11) is 4.06. The average molecular weight is 470 g/mol. The summed E-state index contributed by atoms with van der Waals surface area (Å²) in [6.07, 6.45) is 1.69. The first kappa shape index (κ1) is 20.6. The van der Waals surface area contributed by atoms with Crippen LogP contribution in [0.4, 0.5) is 5.69 Å². The number of anilines is 1. The molecule has 0 fully saturated rings. The van der Waals surface area contributed by atoms with Crippen molar-refractivity contribution in [2.45, 2.75) is 5.92 Å². The third-order valence-electron chi connectivity index (χ3n) is 6.87. The minimum atomic E-state index is -0.0843. The Balaban J connectivity index is 1.46. The van der Waals surface area contributed by atoms with Crippen LogP contribution in [0.15, 0.2) is 97.3 Å². The van der Waals surface area contributed by atoms with Crippen molar-refractivity contribution < 1.29 is 4.74 Å². The fraction of sp³-hybridized carbons (Fsp3) is 0.100. The molecule has 3 heterocycles. The van der Waals surface area contributed by atoms with Crippen LogP contribution >= 0.6 is 0 Å². The lowest BCUT2D eigenvalue weighted by molar-refractivity contribution is 0.437. The lowest BCUT2D eigenvalue weighted by atomic mass is 9.83. The van der Waals surface area contributed by atoms with E-state index in [0.717, 1.165) is 50.1 Å². The normalized spacial score (nSPS) is 14.3. The molecule has 0 N–H and O–H groups in total. The quantitative estimate of drug-likeness (QED) is 0.304. The summed E-state index contributed by atoms with van der Waals surface area (Å²) in [6.45, 7) is 0. The molecule has 4 aromatic carbocycles. The van der Waals surface area contributed by atoms with Gasteiger partial charge in [0.2, 0.25) is 5.88 Å². The van der Waals surface area contributed by atoms with Gasteiger partial charge in [0.1, 0.15) is 12.1 Å². The molecule has 174 valence electrons. The molecule has 2 aromatic heterocycles. The van der Waals surface area contributed by atoms with E-state index < -0.39 is 0 Å². The van der Waals surface area contributed by atoms with Gasteiger partial charge in [-0.3, -0.25) is 0 Å². The number of nitrogens with zero attached hydrogens (tertiary/aromatic N) is 5. The van der Waals surface area contributed by atoms with E-state index in [1.54, 1.807) is 10.8 Å². The van der Waals surface area contributed by atoms with E-state index in [4.69, 9.17) is 19.8 Å². The topological polar surface area (TPSA) is 55.6 Å². The molecule has 0 unspecified atom stereocenters. The molecule has 0 spiro atoms. The summed E-state index contributed by atoms with van der Waals surface area (Å²) in [5.74, 6) is 2.00. The van der Waals surface area contributed by atoms with Gasteiger partial charge in [-0.2, -0.15) is 0 Å². The summed E-state index contributed by atoms with van der Waals surface area (Å²) in [5, 5.41) is 6.99. The zero-order chi connectivity index (χ0) is 24.2. The Morgan fingerprint density at radius 3 is 2.42 bits per heavy atom. The lowest BCUT2D eigenvalue weighted by Gasteiger charge is -2.28. The third-order valence-corrected chi connectivity index (χ3v) is 6.87. The van der Waals surface area contributed by atoms with Crippen LogP contribution in [0.5, 0.6) is 11.6 Å². The van der Waals surface area contributed by atoms with Crippen LogP contribution in [-0.2, 0) is 0 Å². The molecule has 0 amide bonds. The fourth-order valence-corrected chi connectivity index (χ4v) is 5.07. The van der Waals surface area contributed by atoms with Gasteiger partial charge in [-0.15, -0.1) is 5.10 Å². The molecular weight excluding hydrogens is 446 g/mol. The predicted molar refractivity (Wildman–Crippen MR) is 142 cm³/mol. The molecule has 6 heteroatoms. The number of aromatic nitrogens is 4. The van der Waals surface area contributed by atoms with E-state index in [1.165, 1.54) is 0 Å². The molecule has 1 aliphatic rings. The van der Waals surface area contributed by atoms with Crippen LogP contribution in [0.2, 0.25) is 0 Å². The van der Waals surface area contributed by atoms with Gasteiger partial charge in [-0.05, 0) is 35.2 Å². The highest BCUT2D eigenvalue weighted by atomic mass is 16.5. The van der Waals surface area contributed by atoms with Gasteiger partial charge < -0.3 is 9.64 Å². The first-order valence-corrected chi connectivity index (χ1v) is 11.9. The third kappa shape index (κ3) is 3.15. The molecule has 0 saturated carbocycles. The summed E-state index contributed by atoms with van der Waals surface area (Å²) in [4.78, 5) is 11.8. The van der Waals surface area contributed by atoms with Crippen molar-refractivity contribution in [2.24, 2.45) is 0 Å². The lowest BCUT2D eigenvalue weighted by Crippen LogP contribution is -2.15. The number of fused-ring (bicyclic) bond motifs is 6. The van der Waals surface area contributed by atoms with Crippen molar-refractivity contribution in [1.82, 2.24) is 19.6 Å². The Bertz CT molecular complexity index is 1740. The second-order valence-electron chi connectivity index (χ2n) is 9.26. The van der Waals surface area contributed by atoms with E-state index in [1.807, 2.05) is 32.3 Å². The van der Waals surface area contributed by atoms with Gasteiger partial charge in [-0.25, -0.2) is 14.5 Å². The van der Waals surface area contributed by atoms with E-state index >= 15 is 0 Å². The zero-order valence-corrected chi connectivity index (χ0v) is 20.0. The minimum absolute atomic E-state index is 0.0843. The summed E-state index contributed by atoms with van der Waals surface area (Å²) in [6, 6.07) is 31.4. The molecule has 0 aliphatic carbocycles. The predicted octanol–water partition coefficient (Wildman–Crippen LogP) is 6.30. The van der Waals surface area contributed by atoms with Gasteiger partial charge in [-0.1, -0.05) is 66.7 Å². The monoisotopic (exact) mass is 469 g/mol. The first-order valence-electron chi connectivity index (χ1n) is 11.9. The highest BCUT2D eigenvalue weighted by Gasteiger charge is 2.34. The van der Waals surface area contributed by atoms with Crippen LogP contribution in [0, 0.1) is 0 Å². The van der Waals surface area contributed by atoms with Crippen LogP contribution in [0.3, 0.4) is 0 Å². The van der Waals surface area contributed by atoms with Crippen molar-refractivity contribution in [3.8, 4) is 23.0 Å². The molecule has 7 rings (SSSR count). The molecular formula is C30H23N5O. The number of benzene rings is 4. The van der Waals surface area contributed by atoms with Crippen LogP contribution < -0.4 is 9.64 Å². The van der Waals surface area contributed by atoms with E-state index in [-0.39, 0.29) is 5.92 Å². The van der Waals surface area contributed by atoms with Crippen molar-refractivity contribution >= 4 is 22.1 Å². The smallest absolute Gasteiger partial charge is 0.228 e. The molecule has 0 bridgehead atoms. The highest BCUT2D eigenvalue weighted by molar-refractivity contribution is 5.91. The SMILES string of the molecule is CN(C)c1ccc(-c2nc3c4c(ncn3n2)Oc2c(ccc3ccccc23)[C@@H]4c2ccccc2)cc1. The summed E-state index contributed by atoms with van der Waals surface area (Å²) in [5.41, 5.74) is 6.02. The Labute approximate surface area is 208 Å². The molecule has 0 saturated heterocycles. The number of rotatable bonds is 3. The number of hydrogen-bond acceptors (Lipinski definition) is 5. The maximum Gasteiger partial charge on any atom is 0.228 e. The van der Waals surface area contributed by atoms with E-state index in [0.29, 0.717) is 11.7 Å². The van der Waals surface area contributed by atoms with E-state index in [9.17, 15) is 0 Å². The standard InChI is InChI=1S/C30H23N5O/c1-34(2)22-15-12-21(13-16-22)28-32-29-26-25(20-9-4-3-5-10-20)24-17-14-19-8-6-7-11-23(19)27(24)36-30(26)31-18-35(29)33-28/h3-18,25H,1-2H3/t25-/m0/s1. The van der Waals surface area contributed by atoms with Gasteiger partial charge in [0.25, 0.3) is 0 Å². The van der Waals surface area contributed by atoms with Gasteiger partial charge in [0.15, 0.2) is 11.5 Å². The molecule has 6 nitrogen and oxygen atoms in total. The summed E-state index contributed by atoms with van der Waals surface area (Å²) < 4.78 is 8.27. The van der Waals surface area contributed by atoms with Crippen molar-refractivity contribution in [1.29, 1.82) is 0 Å². The highest BCUT2D eigenvalue weighted by Crippen LogP contribution is 2.50. The Kier molecular flexibility index (Phi) is 4.54. The Hall–Kier alpha value is -4.71. The second kappa shape index (κ2) is 7.92. The molecule has 36 heavy (non-hydrogen) atoms. The van der Waals surface area contributed by atoms with Crippen molar-refractivity contribution in [2.75, 3.05) is 19.0 Å². The Morgan fingerprint density at radius 1 is 0.833 bits per heavy atom. The number of ether oxygens (including phenoxy) is 1. The summed E-state index contributed by atoms with van der Waals surface area (Å²) >= 11 is 0. The molecule has 0 radical (unpaired) electrons. The van der Waals surface area contributed by atoms with Gasteiger partial charge >= 0.3 is 0 Å². The van der Waals surface area contributed by atoms with Crippen LogP contribution in [-0.4, -0.2) is 33.7 Å². The van der Waals surface area contributed by atoms with Crippen molar-refractivity contribution in [3.63, 3.8) is 0 Å². The van der Waals surface area contributed by atoms with Gasteiger partial charge in [0.05, 0.1) is 5.56 Å². The maximum absolute atomic E-state index is 6.51. The van der Waals surface area contributed by atoms with Gasteiger partial charge in [0, 0.05) is 42.2 Å². The van der Waals surface area contributed by atoms with E-state index in [2.05, 4.69) is 77.7 Å².